The number of nitrogens with zero attached hydrogens (tertiary/aromatic N) is 2. The number of ether oxygens (including phenoxy) is 2. The lowest BCUT2D eigenvalue weighted by atomic mass is 10.1. The average Bonchev–Trinajstić information content (AvgIpc) is 3.10. The zero-order chi connectivity index (χ0) is 25.8. The van der Waals surface area contributed by atoms with E-state index in [9.17, 15) is 9.59 Å². The fourth-order valence-corrected chi connectivity index (χ4v) is 4.72. The van der Waals surface area contributed by atoms with Crippen LogP contribution in [0.15, 0.2) is 66.7 Å². The molecule has 0 unspecified atom stereocenters. The van der Waals surface area contributed by atoms with Gasteiger partial charge in [-0.3, -0.25) is 14.5 Å². The number of benzene rings is 3. The molecule has 0 radical (unpaired) electrons. The Hall–Kier alpha value is -3.91. The number of amides is 2. The highest BCUT2D eigenvalue weighted by molar-refractivity contribution is 7.80. The molecule has 1 atom stereocenters. The summed E-state index contributed by atoms with van der Waals surface area (Å²) in [5, 5.41) is 3.31. The maximum absolute atomic E-state index is 13.6. The minimum absolute atomic E-state index is 0.0388. The molecular weight excluding hydrogens is 474 g/mol. The van der Waals surface area contributed by atoms with Crippen molar-refractivity contribution in [1.29, 1.82) is 0 Å². The molecule has 3 aromatic carbocycles. The van der Waals surface area contributed by atoms with Crippen molar-refractivity contribution in [2.45, 2.75) is 32.9 Å². The van der Waals surface area contributed by atoms with E-state index in [4.69, 9.17) is 21.7 Å². The molecule has 0 aromatic heterocycles. The van der Waals surface area contributed by atoms with Crippen LogP contribution in [0.25, 0.3) is 0 Å². The van der Waals surface area contributed by atoms with E-state index in [1.54, 1.807) is 19.1 Å². The number of anilines is 2. The van der Waals surface area contributed by atoms with Crippen molar-refractivity contribution in [3.05, 3.63) is 83.4 Å². The Morgan fingerprint density at radius 2 is 1.69 bits per heavy atom. The Labute approximate surface area is 216 Å². The molecule has 0 spiro atoms. The van der Waals surface area contributed by atoms with Crippen LogP contribution in [-0.2, 0) is 16.1 Å². The molecule has 7 nitrogen and oxygen atoms in total. The molecule has 0 aliphatic carbocycles. The molecule has 1 aliphatic rings. The van der Waals surface area contributed by atoms with Gasteiger partial charge < -0.3 is 19.7 Å². The van der Waals surface area contributed by atoms with Crippen molar-refractivity contribution in [1.82, 2.24) is 4.90 Å². The lowest BCUT2D eigenvalue weighted by Gasteiger charge is -2.24. The van der Waals surface area contributed by atoms with E-state index >= 15 is 0 Å². The second kappa shape index (κ2) is 10.8. The zero-order valence-electron chi connectivity index (χ0n) is 20.8. The lowest BCUT2D eigenvalue weighted by molar-refractivity contribution is -0.124. The van der Waals surface area contributed by atoms with E-state index in [1.165, 1.54) is 4.90 Å². The van der Waals surface area contributed by atoms with Gasteiger partial charge in [-0.15, -0.1) is 0 Å². The Morgan fingerprint density at radius 3 is 2.36 bits per heavy atom. The highest BCUT2D eigenvalue weighted by Gasteiger charge is 2.44. The average molecular weight is 504 g/mol. The minimum Gasteiger partial charge on any atom is -0.493 e. The van der Waals surface area contributed by atoms with Gasteiger partial charge in [-0.05, 0) is 67.5 Å². The first-order valence-electron chi connectivity index (χ1n) is 11.6. The Balaban J connectivity index is 1.62. The van der Waals surface area contributed by atoms with Gasteiger partial charge in [-0.1, -0.05) is 42.0 Å². The van der Waals surface area contributed by atoms with Crippen molar-refractivity contribution in [2.24, 2.45) is 0 Å². The standard InChI is InChI=1S/C28H29N3O4S/c1-18-10-12-22(19(2)14-18)29-26(32)16-23-27(33)31(21-8-6-5-7-9-21)28(36)30(23)17-20-11-13-24(34-3)25(15-20)35-4/h5-15,23H,16-17H2,1-4H3,(H,29,32)/t23-/m0/s1. The van der Waals surface area contributed by atoms with Crippen LogP contribution in [0.1, 0.15) is 23.1 Å². The summed E-state index contributed by atoms with van der Waals surface area (Å²) in [7, 11) is 3.15. The lowest BCUT2D eigenvalue weighted by Crippen LogP contribution is -2.37. The molecule has 0 bridgehead atoms. The van der Waals surface area contributed by atoms with Crippen molar-refractivity contribution < 1.29 is 19.1 Å². The molecule has 1 heterocycles. The number of carbonyl (C=O) groups excluding carboxylic acids is 2. The van der Waals surface area contributed by atoms with Gasteiger partial charge in [-0.2, -0.15) is 0 Å². The van der Waals surface area contributed by atoms with Gasteiger partial charge in [-0.25, -0.2) is 0 Å². The summed E-state index contributed by atoms with van der Waals surface area (Å²) >= 11 is 5.77. The highest BCUT2D eigenvalue weighted by atomic mass is 32.1. The fourth-order valence-electron chi connectivity index (χ4n) is 4.33. The van der Waals surface area contributed by atoms with Crippen molar-refractivity contribution in [3.8, 4) is 11.5 Å². The van der Waals surface area contributed by atoms with Crippen LogP contribution in [0.3, 0.4) is 0 Å². The van der Waals surface area contributed by atoms with Gasteiger partial charge in [0.1, 0.15) is 6.04 Å². The van der Waals surface area contributed by atoms with Crippen LogP contribution >= 0.6 is 12.2 Å². The second-order valence-electron chi connectivity index (χ2n) is 8.70. The smallest absolute Gasteiger partial charge is 0.256 e. The van der Waals surface area contributed by atoms with Crippen molar-refractivity contribution in [3.63, 3.8) is 0 Å². The number of carbonyl (C=O) groups is 2. The number of hydrogen-bond donors (Lipinski definition) is 1. The van der Waals surface area contributed by atoms with Crippen LogP contribution in [0.4, 0.5) is 11.4 Å². The molecule has 1 saturated heterocycles. The van der Waals surface area contributed by atoms with Crippen molar-refractivity contribution >= 4 is 40.5 Å². The molecule has 1 aliphatic heterocycles. The summed E-state index contributed by atoms with van der Waals surface area (Å²) in [6, 6.07) is 19.9. The van der Waals surface area contributed by atoms with Gasteiger partial charge in [0.2, 0.25) is 5.91 Å². The predicted octanol–water partition coefficient (Wildman–Crippen LogP) is 4.85. The predicted molar refractivity (Wildman–Crippen MR) is 145 cm³/mol. The van der Waals surface area contributed by atoms with E-state index in [2.05, 4.69) is 5.32 Å². The summed E-state index contributed by atoms with van der Waals surface area (Å²) in [6.07, 6.45) is -0.0388. The van der Waals surface area contributed by atoms with E-state index < -0.39 is 6.04 Å². The number of rotatable bonds is 8. The SMILES string of the molecule is COc1ccc(CN2C(=S)N(c3ccccc3)C(=O)[C@@H]2CC(=O)Nc2ccc(C)cc2C)cc1OC. The summed E-state index contributed by atoms with van der Waals surface area (Å²) in [5.74, 6) is 0.699. The Morgan fingerprint density at radius 1 is 0.972 bits per heavy atom. The minimum atomic E-state index is -0.753. The summed E-state index contributed by atoms with van der Waals surface area (Å²) in [4.78, 5) is 30.0. The van der Waals surface area contributed by atoms with Gasteiger partial charge >= 0.3 is 0 Å². The van der Waals surface area contributed by atoms with Gasteiger partial charge in [0.05, 0.1) is 26.3 Å². The number of aryl methyl sites for hydroxylation is 2. The van der Waals surface area contributed by atoms with E-state index in [0.29, 0.717) is 28.8 Å². The Bertz CT molecular complexity index is 1300. The maximum Gasteiger partial charge on any atom is 0.256 e. The third-order valence-electron chi connectivity index (χ3n) is 6.17. The molecule has 1 N–H and O–H groups in total. The first-order chi connectivity index (χ1) is 17.3. The molecule has 3 aromatic rings. The van der Waals surface area contributed by atoms with E-state index in [1.807, 2.05) is 80.6 Å². The fraction of sp³-hybridized carbons (Fsp3) is 0.250. The third-order valence-corrected chi connectivity index (χ3v) is 6.59. The first-order valence-corrected chi connectivity index (χ1v) is 12.0. The highest BCUT2D eigenvalue weighted by Crippen LogP contribution is 2.32. The molecule has 4 rings (SSSR count). The van der Waals surface area contributed by atoms with Crippen LogP contribution in [-0.4, -0.2) is 42.1 Å². The Kier molecular flexibility index (Phi) is 7.55. The molecule has 186 valence electrons. The number of nitrogens with one attached hydrogen (secondary N) is 1. The number of para-hydroxylation sites is 1. The summed E-state index contributed by atoms with van der Waals surface area (Å²) in [5.41, 5.74) is 4.34. The summed E-state index contributed by atoms with van der Waals surface area (Å²) in [6.45, 7) is 4.27. The summed E-state index contributed by atoms with van der Waals surface area (Å²) < 4.78 is 10.8. The molecule has 1 fully saturated rings. The molecule has 36 heavy (non-hydrogen) atoms. The van der Waals surface area contributed by atoms with Crippen LogP contribution < -0.4 is 19.7 Å². The maximum atomic E-state index is 13.6. The quantitative estimate of drug-likeness (QED) is 0.443. The molecule has 2 amide bonds. The van der Waals surface area contributed by atoms with Crippen LogP contribution in [0.5, 0.6) is 11.5 Å². The number of methoxy groups -OCH3 is 2. The van der Waals surface area contributed by atoms with Crippen molar-refractivity contribution in [2.75, 3.05) is 24.4 Å². The third kappa shape index (κ3) is 5.18. The van der Waals surface area contributed by atoms with E-state index in [0.717, 1.165) is 22.4 Å². The molecule has 0 saturated carbocycles. The zero-order valence-corrected chi connectivity index (χ0v) is 21.6. The van der Waals surface area contributed by atoms with Gasteiger partial charge in [0.25, 0.3) is 5.91 Å². The monoisotopic (exact) mass is 503 g/mol. The largest absolute Gasteiger partial charge is 0.493 e. The van der Waals surface area contributed by atoms with Gasteiger partial charge in [0, 0.05) is 12.2 Å². The topological polar surface area (TPSA) is 71.1 Å². The normalized spacial score (nSPS) is 15.3. The second-order valence-corrected chi connectivity index (χ2v) is 9.06. The van der Waals surface area contributed by atoms with Crippen LogP contribution in [0, 0.1) is 13.8 Å². The molecular formula is C28H29N3O4S. The first kappa shape index (κ1) is 25.2. The molecule has 8 heteroatoms. The number of thiocarbonyl (C=S) groups is 1. The number of hydrogen-bond acceptors (Lipinski definition) is 5. The van der Waals surface area contributed by atoms with E-state index in [-0.39, 0.29) is 18.2 Å². The van der Waals surface area contributed by atoms with Gasteiger partial charge in [0.15, 0.2) is 16.6 Å². The van der Waals surface area contributed by atoms with Crippen LogP contribution in [0.2, 0.25) is 0 Å².